The molecule has 6 heteroatoms. The zero-order valence-electron chi connectivity index (χ0n) is 6.51. The van der Waals surface area contributed by atoms with Crippen LogP contribution in [0, 0.1) is 0 Å². The second kappa shape index (κ2) is 3.26. The highest BCUT2D eigenvalue weighted by molar-refractivity contribution is 6.02. The summed E-state index contributed by atoms with van der Waals surface area (Å²) in [5.74, 6) is -0.496. The third-order valence-corrected chi connectivity index (χ3v) is 1.69. The summed E-state index contributed by atoms with van der Waals surface area (Å²) in [7, 11) is 0. The molecular weight excluding hydrogens is 178 g/mol. The topological polar surface area (TPSA) is 94.9 Å². The van der Waals surface area contributed by atoms with Crippen molar-refractivity contribution in [2.75, 3.05) is 0 Å². The molecule has 13 heavy (non-hydrogen) atoms. The van der Waals surface area contributed by atoms with E-state index in [0.29, 0.717) is 0 Å². The summed E-state index contributed by atoms with van der Waals surface area (Å²) in [6.07, 6.45) is -0.503. The molecule has 1 aliphatic carbocycles. The summed E-state index contributed by atoms with van der Waals surface area (Å²) < 4.78 is 0. The Morgan fingerprint density at radius 2 is 1.92 bits per heavy atom. The molecule has 2 N–H and O–H groups in total. The van der Waals surface area contributed by atoms with Gasteiger partial charge in [0.15, 0.2) is 5.78 Å². The number of rotatable bonds is 1. The summed E-state index contributed by atoms with van der Waals surface area (Å²) in [6.45, 7) is 0. The summed E-state index contributed by atoms with van der Waals surface area (Å²) in [4.78, 5) is 32.0. The number of hydrogen-bond donors (Lipinski definition) is 2. The van der Waals surface area contributed by atoms with Crippen LogP contribution in [0.5, 0.6) is 0 Å². The van der Waals surface area contributed by atoms with Gasteiger partial charge in [-0.25, -0.2) is 14.5 Å². The molecule has 0 aromatic carbocycles. The predicted octanol–water partition coefficient (Wildman–Crippen LogP) is 0.542. The van der Waals surface area contributed by atoms with Crippen molar-refractivity contribution in [3.63, 3.8) is 0 Å². The van der Waals surface area contributed by atoms with Crippen LogP contribution in [0.4, 0.5) is 9.59 Å². The number of hydrogen-bond acceptors (Lipinski definition) is 3. The highest BCUT2D eigenvalue weighted by Crippen LogP contribution is 2.14. The molecule has 0 spiro atoms. The Morgan fingerprint density at radius 3 is 2.23 bits per heavy atom. The minimum atomic E-state index is -1.63. The minimum Gasteiger partial charge on any atom is -0.465 e. The zero-order valence-corrected chi connectivity index (χ0v) is 6.51. The van der Waals surface area contributed by atoms with Crippen molar-refractivity contribution in [3.05, 3.63) is 12.2 Å². The highest BCUT2D eigenvalue weighted by Gasteiger charge is 2.34. The average molecular weight is 185 g/mol. The molecule has 0 aromatic heterocycles. The number of nitrogens with zero attached hydrogens (tertiary/aromatic N) is 1. The van der Waals surface area contributed by atoms with Crippen LogP contribution in [0.1, 0.15) is 6.42 Å². The van der Waals surface area contributed by atoms with E-state index in [4.69, 9.17) is 10.2 Å². The lowest BCUT2D eigenvalue weighted by atomic mass is 10.2. The highest BCUT2D eigenvalue weighted by atomic mass is 16.4. The first-order chi connectivity index (χ1) is 6.04. The molecule has 0 radical (unpaired) electrons. The fraction of sp³-hybridized carbons (Fsp3) is 0.286. The summed E-state index contributed by atoms with van der Waals surface area (Å²) in [6, 6.07) is -1.10. The number of carbonyl (C=O) groups is 3. The van der Waals surface area contributed by atoms with E-state index in [-0.39, 0.29) is 11.3 Å². The van der Waals surface area contributed by atoms with Crippen LogP contribution in [0.25, 0.3) is 0 Å². The zero-order chi connectivity index (χ0) is 10.0. The lowest BCUT2D eigenvalue weighted by Crippen LogP contribution is -2.45. The van der Waals surface area contributed by atoms with Crippen LogP contribution < -0.4 is 0 Å². The molecule has 0 saturated heterocycles. The maximum atomic E-state index is 11.0. The summed E-state index contributed by atoms with van der Waals surface area (Å²) in [5.41, 5.74) is 0. The van der Waals surface area contributed by atoms with E-state index >= 15 is 0 Å². The van der Waals surface area contributed by atoms with Crippen LogP contribution in [0.2, 0.25) is 0 Å². The Morgan fingerprint density at radius 1 is 1.38 bits per heavy atom. The van der Waals surface area contributed by atoms with Gasteiger partial charge in [0.25, 0.3) is 0 Å². The van der Waals surface area contributed by atoms with Crippen LogP contribution >= 0.6 is 0 Å². The Labute approximate surface area is 73.1 Å². The molecule has 2 amide bonds. The van der Waals surface area contributed by atoms with Gasteiger partial charge in [0.1, 0.15) is 6.04 Å². The number of carboxylic acid groups (broad SMARTS) is 2. The normalized spacial score (nSPS) is 20.3. The molecule has 70 valence electrons. The van der Waals surface area contributed by atoms with Crippen LogP contribution in [-0.2, 0) is 4.79 Å². The van der Waals surface area contributed by atoms with Crippen molar-refractivity contribution in [2.24, 2.45) is 0 Å². The Bertz CT molecular complexity index is 281. The first-order valence-electron chi connectivity index (χ1n) is 3.49. The van der Waals surface area contributed by atoms with Crippen molar-refractivity contribution in [1.82, 2.24) is 4.90 Å². The monoisotopic (exact) mass is 185 g/mol. The van der Waals surface area contributed by atoms with Crippen molar-refractivity contribution in [3.8, 4) is 0 Å². The molecule has 1 rings (SSSR count). The fourth-order valence-electron chi connectivity index (χ4n) is 1.12. The molecule has 6 nitrogen and oxygen atoms in total. The number of imide groups is 1. The van der Waals surface area contributed by atoms with Crippen LogP contribution in [0.3, 0.4) is 0 Å². The van der Waals surface area contributed by atoms with Gasteiger partial charge in [0.2, 0.25) is 0 Å². The molecule has 0 saturated carbocycles. The molecule has 0 heterocycles. The van der Waals surface area contributed by atoms with Crippen LogP contribution in [0.15, 0.2) is 12.2 Å². The Kier molecular flexibility index (Phi) is 2.32. The van der Waals surface area contributed by atoms with Gasteiger partial charge in [-0.15, -0.1) is 0 Å². The van der Waals surface area contributed by atoms with E-state index in [9.17, 15) is 14.4 Å². The van der Waals surface area contributed by atoms with Gasteiger partial charge in [-0.1, -0.05) is 6.08 Å². The van der Waals surface area contributed by atoms with Gasteiger partial charge in [0, 0.05) is 0 Å². The van der Waals surface area contributed by atoms with Crippen molar-refractivity contribution in [1.29, 1.82) is 0 Å². The third-order valence-electron chi connectivity index (χ3n) is 1.69. The molecule has 0 aromatic rings. The first kappa shape index (κ1) is 9.24. The molecule has 1 aliphatic rings. The van der Waals surface area contributed by atoms with E-state index in [1.165, 1.54) is 12.2 Å². The first-order valence-corrected chi connectivity index (χ1v) is 3.49. The lowest BCUT2D eigenvalue weighted by Gasteiger charge is -2.18. The smallest absolute Gasteiger partial charge is 0.417 e. The van der Waals surface area contributed by atoms with Crippen molar-refractivity contribution in [2.45, 2.75) is 12.5 Å². The maximum absolute atomic E-state index is 11.0. The average Bonchev–Trinajstić information content (AvgIpc) is 2.35. The number of ketones is 1. The van der Waals surface area contributed by atoms with Crippen molar-refractivity contribution < 1.29 is 24.6 Å². The van der Waals surface area contributed by atoms with Gasteiger partial charge in [-0.3, -0.25) is 4.79 Å². The second-order valence-electron chi connectivity index (χ2n) is 2.49. The number of amides is 2. The fourth-order valence-corrected chi connectivity index (χ4v) is 1.12. The Balaban J connectivity index is 2.83. The molecule has 1 atom stereocenters. The van der Waals surface area contributed by atoms with E-state index < -0.39 is 24.0 Å². The summed E-state index contributed by atoms with van der Waals surface area (Å²) >= 11 is 0. The minimum absolute atomic E-state index is 0.113. The quantitative estimate of drug-likeness (QED) is 0.621. The van der Waals surface area contributed by atoms with E-state index in [0.717, 1.165) is 0 Å². The van der Waals surface area contributed by atoms with Gasteiger partial charge in [0.05, 0.1) is 0 Å². The maximum Gasteiger partial charge on any atom is 0.417 e. The summed E-state index contributed by atoms with van der Waals surface area (Å²) in [5, 5.41) is 17.0. The van der Waals surface area contributed by atoms with Gasteiger partial charge in [-0.2, -0.15) is 0 Å². The molecule has 0 fully saturated rings. The van der Waals surface area contributed by atoms with E-state index in [1.54, 1.807) is 0 Å². The van der Waals surface area contributed by atoms with Gasteiger partial charge >= 0.3 is 12.2 Å². The SMILES string of the molecule is O=C1C=CCC1N(C(=O)O)C(=O)O. The molecule has 1 unspecified atom stereocenters. The third kappa shape index (κ3) is 1.66. The predicted molar refractivity (Wildman–Crippen MR) is 40.4 cm³/mol. The lowest BCUT2D eigenvalue weighted by molar-refractivity contribution is -0.117. The van der Waals surface area contributed by atoms with Crippen LogP contribution in [-0.4, -0.2) is 39.1 Å². The largest absolute Gasteiger partial charge is 0.465 e. The molecule has 0 aliphatic heterocycles. The van der Waals surface area contributed by atoms with Crippen molar-refractivity contribution >= 4 is 18.0 Å². The van der Waals surface area contributed by atoms with E-state index in [1.807, 2.05) is 0 Å². The van der Waals surface area contributed by atoms with Gasteiger partial charge < -0.3 is 10.2 Å². The Hall–Kier alpha value is -1.85. The molecule has 0 bridgehead atoms. The number of carbonyl (C=O) groups excluding carboxylic acids is 1. The van der Waals surface area contributed by atoms with Gasteiger partial charge in [-0.05, 0) is 12.5 Å². The molecular formula is C7H7NO5. The standard InChI is InChI=1S/C7H7NO5/c9-5-3-1-2-4(5)8(6(10)11)7(12)13/h1,3-4H,2H2,(H,10,11)(H,12,13). The van der Waals surface area contributed by atoms with E-state index in [2.05, 4.69) is 0 Å². The second-order valence-corrected chi connectivity index (χ2v) is 2.49.